The number of nitrogens with zero attached hydrogens (tertiary/aromatic N) is 3. The minimum absolute atomic E-state index is 0.0769. The van der Waals surface area contributed by atoms with E-state index in [1.54, 1.807) is 9.58 Å². The Balaban J connectivity index is 2.52. The third kappa shape index (κ3) is 2.19. The van der Waals surface area contributed by atoms with Crippen molar-refractivity contribution >= 4 is 11.9 Å². The molecule has 0 bridgehead atoms. The molecule has 1 aliphatic heterocycles. The molecule has 1 aromatic heterocycles. The van der Waals surface area contributed by atoms with E-state index in [2.05, 4.69) is 5.10 Å². The molecule has 1 saturated heterocycles. The summed E-state index contributed by atoms with van der Waals surface area (Å²) < 4.78 is 1.75. The number of aryl methyl sites for hydroxylation is 2. The van der Waals surface area contributed by atoms with Gasteiger partial charge in [-0.1, -0.05) is 6.92 Å². The maximum Gasteiger partial charge on any atom is 0.309 e. The van der Waals surface area contributed by atoms with Gasteiger partial charge < -0.3 is 10.0 Å². The topological polar surface area (TPSA) is 75.4 Å². The van der Waals surface area contributed by atoms with Gasteiger partial charge in [-0.2, -0.15) is 5.10 Å². The Kier molecular flexibility index (Phi) is 3.83. The van der Waals surface area contributed by atoms with Crippen LogP contribution in [-0.2, 0) is 16.6 Å². The molecule has 6 heteroatoms. The zero-order valence-corrected chi connectivity index (χ0v) is 12.4. The number of amides is 1. The number of carbonyl (C=O) groups excluding carboxylic acids is 1. The first kappa shape index (κ1) is 14.6. The van der Waals surface area contributed by atoms with Crippen LogP contribution in [0.25, 0.3) is 0 Å². The molecule has 0 spiro atoms. The Morgan fingerprint density at radius 3 is 2.55 bits per heavy atom. The molecule has 0 aromatic carbocycles. The van der Waals surface area contributed by atoms with Crippen molar-refractivity contribution in [3.05, 3.63) is 17.0 Å². The van der Waals surface area contributed by atoms with E-state index in [4.69, 9.17) is 0 Å². The highest BCUT2D eigenvalue weighted by Gasteiger charge is 2.46. The van der Waals surface area contributed by atoms with Crippen molar-refractivity contribution in [2.75, 3.05) is 6.54 Å². The second-order valence-electron chi connectivity index (χ2n) is 5.39. The molecular weight excluding hydrogens is 258 g/mol. The summed E-state index contributed by atoms with van der Waals surface area (Å²) in [6, 6.07) is -0.395. The summed E-state index contributed by atoms with van der Waals surface area (Å²) in [5, 5.41) is 13.8. The van der Waals surface area contributed by atoms with Gasteiger partial charge in [-0.15, -0.1) is 0 Å². The minimum Gasteiger partial charge on any atom is -0.481 e. The first-order valence-electron chi connectivity index (χ1n) is 6.90. The summed E-state index contributed by atoms with van der Waals surface area (Å²) in [7, 11) is 1.84. The van der Waals surface area contributed by atoms with Crippen molar-refractivity contribution in [3.8, 4) is 0 Å². The van der Waals surface area contributed by atoms with Crippen molar-refractivity contribution in [3.63, 3.8) is 0 Å². The van der Waals surface area contributed by atoms with E-state index in [1.165, 1.54) is 0 Å². The number of carboxylic acid groups (broad SMARTS) is 1. The first-order valence-corrected chi connectivity index (χ1v) is 6.90. The van der Waals surface area contributed by atoms with Crippen LogP contribution in [0.5, 0.6) is 0 Å². The molecule has 1 amide bonds. The van der Waals surface area contributed by atoms with Crippen LogP contribution in [0.15, 0.2) is 0 Å². The fraction of sp³-hybridized carbons (Fsp3) is 0.643. The number of aromatic nitrogens is 2. The highest BCUT2D eigenvalue weighted by atomic mass is 16.4. The smallest absolute Gasteiger partial charge is 0.309 e. The standard InChI is InChI=1S/C14H21N3O3/c1-5-6-17-11(18)7-10(14(19)20)13(17)12-8(2)15-16(4)9(12)3/h10,13H,5-7H2,1-4H3,(H,19,20). The highest BCUT2D eigenvalue weighted by molar-refractivity contribution is 5.87. The van der Waals surface area contributed by atoms with Gasteiger partial charge in [0.05, 0.1) is 17.7 Å². The largest absolute Gasteiger partial charge is 0.481 e. The Morgan fingerprint density at radius 1 is 1.45 bits per heavy atom. The Bertz CT molecular complexity index is 550. The van der Waals surface area contributed by atoms with Crippen LogP contribution in [0.1, 0.15) is 42.8 Å². The van der Waals surface area contributed by atoms with Gasteiger partial charge >= 0.3 is 5.97 Å². The van der Waals surface area contributed by atoms with Gasteiger partial charge in [0.15, 0.2) is 0 Å². The Labute approximate surface area is 118 Å². The molecule has 20 heavy (non-hydrogen) atoms. The van der Waals surface area contributed by atoms with Crippen LogP contribution in [-0.4, -0.2) is 38.2 Å². The van der Waals surface area contributed by atoms with Crippen molar-refractivity contribution in [2.45, 2.75) is 39.7 Å². The second kappa shape index (κ2) is 5.26. The van der Waals surface area contributed by atoms with E-state index in [9.17, 15) is 14.7 Å². The number of rotatable bonds is 4. The van der Waals surface area contributed by atoms with E-state index in [0.717, 1.165) is 23.4 Å². The van der Waals surface area contributed by atoms with Crippen molar-refractivity contribution < 1.29 is 14.7 Å². The van der Waals surface area contributed by atoms with Gasteiger partial charge in [0.1, 0.15) is 0 Å². The summed E-state index contributed by atoms with van der Waals surface area (Å²) in [6.45, 7) is 6.36. The predicted molar refractivity (Wildman–Crippen MR) is 73.2 cm³/mol. The van der Waals surface area contributed by atoms with Crippen LogP contribution in [0.2, 0.25) is 0 Å². The van der Waals surface area contributed by atoms with Crippen LogP contribution in [0, 0.1) is 19.8 Å². The zero-order chi connectivity index (χ0) is 15.0. The van der Waals surface area contributed by atoms with Crippen LogP contribution < -0.4 is 0 Å². The predicted octanol–water partition coefficient (Wildman–Crippen LogP) is 1.42. The summed E-state index contributed by atoms with van der Waals surface area (Å²) in [6.07, 6.45) is 0.890. The number of aliphatic carboxylic acids is 1. The monoisotopic (exact) mass is 279 g/mol. The molecule has 110 valence electrons. The Hall–Kier alpha value is -1.85. The van der Waals surface area contributed by atoms with Crippen LogP contribution in [0.4, 0.5) is 0 Å². The number of hydrogen-bond donors (Lipinski definition) is 1. The van der Waals surface area contributed by atoms with Crippen molar-refractivity contribution in [1.29, 1.82) is 0 Å². The van der Waals surface area contributed by atoms with Crippen LogP contribution in [0.3, 0.4) is 0 Å². The van der Waals surface area contributed by atoms with Gasteiger partial charge in [-0.05, 0) is 20.3 Å². The van der Waals surface area contributed by atoms with E-state index >= 15 is 0 Å². The lowest BCUT2D eigenvalue weighted by atomic mass is 9.92. The summed E-state index contributed by atoms with van der Waals surface area (Å²) in [5.41, 5.74) is 2.62. The maximum absolute atomic E-state index is 12.1. The highest BCUT2D eigenvalue weighted by Crippen LogP contribution is 2.40. The molecule has 0 aliphatic carbocycles. The van der Waals surface area contributed by atoms with E-state index < -0.39 is 17.9 Å². The molecule has 0 radical (unpaired) electrons. The third-order valence-electron chi connectivity index (χ3n) is 4.07. The number of carbonyl (C=O) groups is 2. The summed E-state index contributed by atoms with van der Waals surface area (Å²) in [4.78, 5) is 25.3. The molecule has 1 N–H and O–H groups in total. The van der Waals surface area contributed by atoms with Crippen LogP contribution >= 0.6 is 0 Å². The summed E-state index contributed by atoms with van der Waals surface area (Å²) >= 11 is 0. The quantitative estimate of drug-likeness (QED) is 0.904. The maximum atomic E-state index is 12.1. The lowest BCUT2D eigenvalue weighted by molar-refractivity contribution is -0.142. The van der Waals surface area contributed by atoms with Gasteiger partial charge in [0, 0.05) is 31.3 Å². The van der Waals surface area contributed by atoms with E-state index in [0.29, 0.717) is 6.54 Å². The minimum atomic E-state index is -0.912. The molecule has 2 atom stereocenters. The second-order valence-corrected chi connectivity index (χ2v) is 5.39. The molecule has 1 fully saturated rings. The average Bonchev–Trinajstić information content (AvgIpc) is 2.80. The number of hydrogen-bond acceptors (Lipinski definition) is 3. The first-order chi connectivity index (χ1) is 9.38. The molecule has 0 saturated carbocycles. The fourth-order valence-corrected chi connectivity index (χ4v) is 3.09. The molecular formula is C14H21N3O3. The molecule has 6 nitrogen and oxygen atoms in total. The van der Waals surface area contributed by atoms with E-state index in [1.807, 2.05) is 27.8 Å². The molecule has 1 aromatic rings. The van der Waals surface area contributed by atoms with E-state index in [-0.39, 0.29) is 12.3 Å². The fourth-order valence-electron chi connectivity index (χ4n) is 3.09. The van der Waals surface area contributed by atoms with Crippen molar-refractivity contribution in [2.24, 2.45) is 13.0 Å². The van der Waals surface area contributed by atoms with Gasteiger partial charge in [-0.3, -0.25) is 14.3 Å². The zero-order valence-electron chi connectivity index (χ0n) is 12.4. The lowest BCUT2D eigenvalue weighted by Gasteiger charge is -2.27. The summed E-state index contributed by atoms with van der Waals surface area (Å²) in [5.74, 6) is -1.67. The molecule has 2 rings (SSSR count). The third-order valence-corrected chi connectivity index (χ3v) is 4.07. The normalized spacial score (nSPS) is 22.6. The van der Waals surface area contributed by atoms with Gasteiger partial charge in [0.2, 0.25) is 5.91 Å². The number of carboxylic acids is 1. The Morgan fingerprint density at radius 2 is 2.10 bits per heavy atom. The molecule has 2 heterocycles. The molecule has 2 unspecified atom stereocenters. The molecule has 1 aliphatic rings. The number of likely N-dealkylation sites (tertiary alicyclic amines) is 1. The van der Waals surface area contributed by atoms with Crippen molar-refractivity contribution in [1.82, 2.24) is 14.7 Å². The lowest BCUT2D eigenvalue weighted by Crippen LogP contribution is -2.32. The van der Waals surface area contributed by atoms with Gasteiger partial charge in [-0.25, -0.2) is 0 Å². The average molecular weight is 279 g/mol. The van der Waals surface area contributed by atoms with Gasteiger partial charge in [0.25, 0.3) is 0 Å². The SMILES string of the molecule is CCCN1C(=O)CC(C(=O)O)C1c1c(C)nn(C)c1C.